The van der Waals surface area contributed by atoms with Crippen LogP contribution in [0.15, 0.2) is 18.2 Å². The Labute approximate surface area is 115 Å². The number of amides is 1. The number of piperidine rings is 1. The van der Waals surface area contributed by atoms with Crippen LogP contribution < -0.4 is 10.6 Å². The summed E-state index contributed by atoms with van der Waals surface area (Å²) in [6.45, 7) is 7.31. The molecule has 0 spiro atoms. The maximum absolute atomic E-state index is 12.3. The highest BCUT2D eigenvalue weighted by molar-refractivity contribution is 5.96. The predicted molar refractivity (Wildman–Crippen MR) is 79.5 cm³/mol. The molecule has 1 fully saturated rings. The van der Waals surface area contributed by atoms with Gasteiger partial charge in [0.25, 0.3) is 0 Å². The van der Waals surface area contributed by atoms with Crippen molar-refractivity contribution in [2.24, 2.45) is 0 Å². The molecular weight excluding hydrogens is 236 g/mol. The van der Waals surface area contributed by atoms with E-state index in [9.17, 15) is 4.79 Å². The van der Waals surface area contributed by atoms with Gasteiger partial charge in [0, 0.05) is 5.69 Å². The number of aryl methyl sites for hydroxylation is 1. The molecule has 3 heteroatoms. The van der Waals surface area contributed by atoms with Crippen LogP contribution in [0.4, 0.5) is 5.69 Å². The Morgan fingerprint density at radius 2 is 2.16 bits per heavy atom. The number of hydrogen-bond acceptors (Lipinski definition) is 2. The Hall–Kier alpha value is -1.35. The molecule has 1 aromatic carbocycles. The molecule has 0 unspecified atom stereocenters. The molecule has 1 atom stereocenters. The number of hydrogen-bond donors (Lipinski definition) is 2. The van der Waals surface area contributed by atoms with Crippen molar-refractivity contribution in [2.45, 2.75) is 52.0 Å². The summed E-state index contributed by atoms with van der Waals surface area (Å²) in [4.78, 5) is 12.3. The van der Waals surface area contributed by atoms with Crippen LogP contribution in [0.1, 0.15) is 50.2 Å². The van der Waals surface area contributed by atoms with E-state index in [-0.39, 0.29) is 11.9 Å². The number of carbonyl (C=O) groups excluding carboxylic acids is 1. The Kier molecular flexibility index (Phi) is 4.59. The third-order valence-electron chi connectivity index (χ3n) is 3.80. The van der Waals surface area contributed by atoms with Crippen LogP contribution in [0.3, 0.4) is 0 Å². The fourth-order valence-electron chi connectivity index (χ4n) is 2.63. The van der Waals surface area contributed by atoms with Gasteiger partial charge in [-0.25, -0.2) is 0 Å². The zero-order chi connectivity index (χ0) is 13.8. The minimum absolute atomic E-state index is 0.0339. The molecular formula is C16H24N2O. The summed E-state index contributed by atoms with van der Waals surface area (Å²) in [5.41, 5.74) is 3.34. The first kappa shape index (κ1) is 14.1. The molecule has 3 nitrogen and oxygen atoms in total. The van der Waals surface area contributed by atoms with E-state index in [0.717, 1.165) is 30.6 Å². The molecule has 1 heterocycles. The van der Waals surface area contributed by atoms with Crippen molar-refractivity contribution < 1.29 is 4.79 Å². The topological polar surface area (TPSA) is 41.1 Å². The second-order valence-electron chi connectivity index (χ2n) is 5.69. The summed E-state index contributed by atoms with van der Waals surface area (Å²) in [6.07, 6.45) is 3.25. The molecule has 19 heavy (non-hydrogen) atoms. The van der Waals surface area contributed by atoms with Crippen molar-refractivity contribution in [3.8, 4) is 0 Å². The van der Waals surface area contributed by atoms with E-state index in [0.29, 0.717) is 5.92 Å². The maximum atomic E-state index is 12.3. The zero-order valence-electron chi connectivity index (χ0n) is 12.1. The lowest BCUT2D eigenvalue weighted by Crippen LogP contribution is -2.43. The number of carbonyl (C=O) groups is 1. The van der Waals surface area contributed by atoms with Gasteiger partial charge in [-0.1, -0.05) is 38.5 Å². The van der Waals surface area contributed by atoms with Crippen molar-refractivity contribution >= 4 is 11.6 Å². The highest BCUT2D eigenvalue weighted by Gasteiger charge is 2.22. The van der Waals surface area contributed by atoms with Crippen molar-refractivity contribution in [1.82, 2.24) is 5.32 Å². The van der Waals surface area contributed by atoms with Gasteiger partial charge >= 0.3 is 0 Å². The zero-order valence-corrected chi connectivity index (χ0v) is 12.1. The fourth-order valence-corrected chi connectivity index (χ4v) is 2.63. The van der Waals surface area contributed by atoms with E-state index in [1.165, 1.54) is 12.0 Å². The second-order valence-corrected chi connectivity index (χ2v) is 5.69. The van der Waals surface area contributed by atoms with Crippen LogP contribution in [-0.2, 0) is 4.79 Å². The van der Waals surface area contributed by atoms with E-state index >= 15 is 0 Å². The Morgan fingerprint density at radius 1 is 1.37 bits per heavy atom. The average molecular weight is 260 g/mol. The first-order valence-electron chi connectivity index (χ1n) is 7.23. The van der Waals surface area contributed by atoms with E-state index < -0.39 is 0 Å². The van der Waals surface area contributed by atoms with Gasteiger partial charge in [0.1, 0.15) is 0 Å². The highest BCUT2D eigenvalue weighted by atomic mass is 16.2. The normalized spacial score (nSPS) is 19.5. The molecule has 1 saturated heterocycles. The van der Waals surface area contributed by atoms with Gasteiger partial charge in [0.15, 0.2) is 0 Å². The van der Waals surface area contributed by atoms with Crippen LogP contribution in [0.25, 0.3) is 0 Å². The molecule has 0 aliphatic carbocycles. The van der Waals surface area contributed by atoms with E-state index in [1.54, 1.807) is 0 Å². The van der Waals surface area contributed by atoms with E-state index in [4.69, 9.17) is 0 Å². The van der Waals surface area contributed by atoms with Crippen LogP contribution >= 0.6 is 0 Å². The lowest BCUT2D eigenvalue weighted by atomic mass is 9.97. The molecule has 1 aliphatic rings. The summed E-state index contributed by atoms with van der Waals surface area (Å²) < 4.78 is 0. The summed E-state index contributed by atoms with van der Waals surface area (Å²) in [7, 11) is 0. The third kappa shape index (κ3) is 3.35. The second kappa shape index (κ2) is 6.20. The van der Waals surface area contributed by atoms with Crippen molar-refractivity contribution in [2.75, 3.05) is 11.9 Å². The number of rotatable bonds is 3. The Bertz CT molecular complexity index is 448. The van der Waals surface area contributed by atoms with Crippen molar-refractivity contribution in [3.05, 3.63) is 29.3 Å². The number of anilines is 1. The first-order chi connectivity index (χ1) is 9.09. The largest absolute Gasteiger partial charge is 0.324 e. The predicted octanol–water partition coefficient (Wildman–Crippen LogP) is 3.20. The molecule has 2 N–H and O–H groups in total. The van der Waals surface area contributed by atoms with Crippen molar-refractivity contribution in [1.29, 1.82) is 0 Å². The van der Waals surface area contributed by atoms with Crippen LogP contribution in [0.2, 0.25) is 0 Å². The number of para-hydroxylation sites is 1. The Balaban J connectivity index is 2.15. The van der Waals surface area contributed by atoms with E-state index in [1.807, 2.05) is 0 Å². The highest BCUT2D eigenvalue weighted by Crippen LogP contribution is 2.27. The molecule has 1 aliphatic heterocycles. The van der Waals surface area contributed by atoms with Crippen LogP contribution in [0, 0.1) is 6.92 Å². The summed E-state index contributed by atoms with van der Waals surface area (Å²) in [5.74, 6) is 0.519. The molecule has 0 aromatic heterocycles. The van der Waals surface area contributed by atoms with Gasteiger partial charge in [-0.3, -0.25) is 4.79 Å². The van der Waals surface area contributed by atoms with Gasteiger partial charge in [0.2, 0.25) is 5.91 Å². The number of nitrogens with one attached hydrogen (secondary N) is 2. The molecule has 0 bridgehead atoms. The number of benzene rings is 1. The van der Waals surface area contributed by atoms with Crippen LogP contribution in [-0.4, -0.2) is 18.5 Å². The van der Waals surface area contributed by atoms with Crippen molar-refractivity contribution in [3.63, 3.8) is 0 Å². The fraction of sp³-hybridized carbons (Fsp3) is 0.562. The third-order valence-corrected chi connectivity index (χ3v) is 3.80. The average Bonchev–Trinajstić information content (AvgIpc) is 2.41. The Morgan fingerprint density at radius 3 is 2.79 bits per heavy atom. The molecule has 104 valence electrons. The lowest BCUT2D eigenvalue weighted by Gasteiger charge is -2.24. The monoisotopic (exact) mass is 260 g/mol. The summed E-state index contributed by atoms with van der Waals surface area (Å²) in [6, 6.07) is 6.17. The molecule has 0 saturated carbocycles. The minimum atomic E-state index is -0.0339. The van der Waals surface area contributed by atoms with E-state index in [2.05, 4.69) is 49.6 Å². The summed E-state index contributed by atoms with van der Waals surface area (Å²) >= 11 is 0. The van der Waals surface area contributed by atoms with Gasteiger partial charge in [0.05, 0.1) is 6.04 Å². The minimum Gasteiger partial charge on any atom is -0.324 e. The van der Waals surface area contributed by atoms with Gasteiger partial charge in [-0.05, 0) is 43.4 Å². The molecule has 2 rings (SSSR count). The SMILES string of the molecule is Cc1cccc(C(C)C)c1NC(=O)[C@H]1CCCCN1. The molecule has 1 amide bonds. The van der Waals surface area contributed by atoms with Gasteiger partial charge in [-0.2, -0.15) is 0 Å². The van der Waals surface area contributed by atoms with Crippen LogP contribution in [0.5, 0.6) is 0 Å². The maximum Gasteiger partial charge on any atom is 0.241 e. The van der Waals surface area contributed by atoms with Gasteiger partial charge in [-0.15, -0.1) is 0 Å². The summed E-state index contributed by atoms with van der Waals surface area (Å²) in [5, 5.41) is 6.42. The smallest absolute Gasteiger partial charge is 0.241 e. The first-order valence-corrected chi connectivity index (χ1v) is 7.23. The molecule has 0 radical (unpaired) electrons. The lowest BCUT2D eigenvalue weighted by molar-refractivity contribution is -0.118. The quantitative estimate of drug-likeness (QED) is 0.876. The standard InChI is InChI=1S/C16H24N2O/c1-11(2)13-8-6-7-12(3)15(13)18-16(19)14-9-4-5-10-17-14/h6-8,11,14,17H,4-5,9-10H2,1-3H3,(H,18,19)/t14-/m1/s1. The van der Waals surface area contributed by atoms with Gasteiger partial charge < -0.3 is 10.6 Å². The molecule has 1 aromatic rings.